The van der Waals surface area contributed by atoms with Crippen molar-refractivity contribution >= 4 is 58.4 Å². The van der Waals surface area contributed by atoms with Gasteiger partial charge < -0.3 is 0 Å². The van der Waals surface area contributed by atoms with Crippen LogP contribution in [0.15, 0.2) is 8.42 Å². The Labute approximate surface area is 126 Å². The predicted molar refractivity (Wildman–Crippen MR) is 86.8 cm³/mol. The number of thioether (sulfide) groups is 2. The minimum absolute atomic E-state index is 1.10. The number of rotatable bonds is 0. The smallest absolute Gasteiger partial charge is 0.113 e. The first-order valence-electron chi connectivity index (χ1n) is 6.26. The fourth-order valence-corrected chi connectivity index (χ4v) is 8.10. The minimum Gasteiger partial charge on any atom is -0.113 e. The molecule has 1 aliphatic heterocycles. The van der Waals surface area contributed by atoms with Crippen molar-refractivity contribution in [2.45, 2.75) is 53.4 Å². The molecular weight excluding hydrogens is 304 g/mol. The zero-order valence-corrected chi connectivity index (χ0v) is 14.0. The van der Waals surface area contributed by atoms with Crippen molar-refractivity contribution in [1.82, 2.24) is 0 Å². The van der Waals surface area contributed by atoms with Gasteiger partial charge in [0.2, 0.25) is 0 Å². The maximum Gasteiger partial charge on any atom is 0.145 e. The second kappa shape index (κ2) is 8.20. The van der Waals surface area contributed by atoms with E-state index in [4.69, 9.17) is 12.2 Å². The molecule has 0 atom stereocenters. The summed E-state index contributed by atoms with van der Waals surface area (Å²) in [5.74, 6) is 2.55. The highest BCUT2D eigenvalue weighted by atomic mass is 32.2. The average Bonchev–Trinajstić information content (AvgIpc) is 2.66. The lowest BCUT2D eigenvalue weighted by molar-refractivity contribution is 0.605. The Kier molecular flexibility index (Phi) is 6.94. The van der Waals surface area contributed by atoms with E-state index in [1.54, 1.807) is 0 Å². The molecule has 0 aliphatic carbocycles. The highest BCUT2D eigenvalue weighted by Gasteiger charge is 2.09. The summed E-state index contributed by atoms with van der Waals surface area (Å²) in [6.45, 7) is 0. The zero-order valence-electron chi connectivity index (χ0n) is 9.91. The van der Waals surface area contributed by atoms with Gasteiger partial charge >= 0.3 is 0 Å². The van der Waals surface area contributed by atoms with Crippen LogP contribution in [-0.2, 0) is 0 Å². The van der Waals surface area contributed by atoms with Crippen molar-refractivity contribution in [3.8, 4) is 0 Å². The van der Waals surface area contributed by atoms with Crippen LogP contribution in [0.1, 0.15) is 44.9 Å². The Morgan fingerprint density at radius 1 is 0.647 bits per heavy atom. The summed E-state index contributed by atoms with van der Waals surface area (Å²) in [5, 5.41) is 0. The Bertz CT molecular complexity index is 346. The molecule has 1 aromatic rings. The van der Waals surface area contributed by atoms with Gasteiger partial charge in [-0.25, -0.2) is 0 Å². The predicted octanol–water partition coefficient (Wildman–Crippen LogP) is 6.47. The van der Waals surface area contributed by atoms with Crippen LogP contribution in [0.5, 0.6) is 0 Å². The van der Waals surface area contributed by atoms with E-state index in [2.05, 4.69) is 0 Å². The Balaban J connectivity index is 1.97. The van der Waals surface area contributed by atoms with Gasteiger partial charge in [-0.2, -0.15) is 0 Å². The van der Waals surface area contributed by atoms with Gasteiger partial charge in [-0.1, -0.05) is 44.3 Å². The summed E-state index contributed by atoms with van der Waals surface area (Å²) >= 11 is 13.0. The van der Waals surface area contributed by atoms with Crippen LogP contribution in [0.3, 0.4) is 0 Å². The summed E-state index contributed by atoms with van der Waals surface area (Å²) in [5.41, 5.74) is 0. The quantitative estimate of drug-likeness (QED) is 0.502. The van der Waals surface area contributed by atoms with Crippen molar-refractivity contribution in [2.75, 3.05) is 11.5 Å². The SMILES string of the molecule is S=c1sc2c(s1)SCCCCCCCCCS2. The molecule has 0 fully saturated rings. The highest BCUT2D eigenvalue weighted by molar-refractivity contribution is 8.05. The van der Waals surface area contributed by atoms with Crippen LogP contribution in [0.25, 0.3) is 0 Å². The lowest BCUT2D eigenvalue weighted by Gasteiger charge is -2.01. The second-order valence-corrected chi connectivity index (χ2v) is 10.2. The Hall–Kier alpha value is 0.970. The van der Waals surface area contributed by atoms with Crippen molar-refractivity contribution in [3.63, 3.8) is 0 Å². The first-order valence-corrected chi connectivity index (χ1v) is 10.3. The van der Waals surface area contributed by atoms with E-state index in [9.17, 15) is 0 Å². The van der Waals surface area contributed by atoms with Crippen LogP contribution in [-0.4, -0.2) is 11.5 Å². The number of fused-ring (bicyclic) bond motifs is 1. The molecule has 0 saturated heterocycles. The van der Waals surface area contributed by atoms with Crippen molar-refractivity contribution < 1.29 is 0 Å². The van der Waals surface area contributed by atoms with Gasteiger partial charge in [0.1, 0.15) is 3.14 Å². The van der Waals surface area contributed by atoms with Gasteiger partial charge in [0.05, 0.1) is 8.42 Å². The molecule has 0 spiro atoms. The van der Waals surface area contributed by atoms with E-state index in [0.717, 1.165) is 3.14 Å². The van der Waals surface area contributed by atoms with Gasteiger partial charge in [-0.15, -0.1) is 46.2 Å². The summed E-state index contributed by atoms with van der Waals surface area (Å²) in [4.78, 5) is 0. The molecule has 5 heteroatoms. The molecule has 0 saturated carbocycles. The maximum atomic E-state index is 5.32. The van der Waals surface area contributed by atoms with Gasteiger partial charge in [-0.3, -0.25) is 0 Å². The third-order valence-electron chi connectivity index (χ3n) is 2.77. The molecular formula is C12H18S5. The number of hydrogen-bond donors (Lipinski definition) is 0. The molecule has 0 unspecified atom stereocenters. The van der Waals surface area contributed by atoms with Crippen LogP contribution >= 0.6 is 58.4 Å². The summed E-state index contributed by atoms with van der Waals surface area (Å²) < 4.78 is 4.08. The van der Waals surface area contributed by atoms with Gasteiger partial charge in [0, 0.05) is 0 Å². The Morgan fingerprint density at radius 3 is 1.53 bits per heavy atom. The summed E-state index contributed by atoms with van der Waals surface area (Å²) in [7, 11) is 0. The Morgan fingerprint density at radius 2 is 1.06 bits per heavy atom. The van der Waals surface area contributed by atoms with Gasteiger partial charge in [-0.05, 0) is 24.3 Å². The number of hydrogen-bond acceptors (Lipinski definition) is 5. The van der Waals surface area contributed by atoms with Crippen molar-refractivity contribution in [3.05, 3.63) is 3.14 Å². The van der Waals surface area contributed by atoms with Crippen LogP contribution in [0, 0.1) is 3.14 Å². The van der Waals surface area contributed by atoms with Crippen LogP contribution in [0.2, 0.25) is 0 Å². The fraction of sp³-hybridized carbons (Fsp3) is 0.750. The van der Waals surface area contributed by atoms with E-state index in [1.165, 1.54) is 64.9 Å². The summed E-state index contributed by atoms with van der Waals surface area (Å²) in [6, 6.07) is 0. The second-order valence-electron chi connectivity index (χ2n) is 4.20. The molecule has 0 bridgehead atoms. The molecule has 0 amide bonds. The lowest BCUT2D eigenvalue weighted by Crippen LogP contribution is -1.82. The third-order valence-corrected chi connectivity index (χ3v) is 8.53. The van der Waals surface area contributed by atoms with E-state index in [1.807, 2.05) is 46.2 Å². The normalized spacial score (nSPS) is 19.8. The van der Waals surface area contributed by atoms with E-state index >= 15 is 0 Å². The van der Waals surface area contributed by atoms with Crippen molar-refractivity contribution in [2.24, 2.45) is 0 Å². The zero-order chi connectivity index (χ0) is 11.9. The molecule has 1 aromatic heterocycles. The van der Waals surface area contributed by atoms with Gasteiger partial charge in [0.25, 0.3) is 0 Å². The molecule has 17 heavy (non-hydrogen) atoms. The monoisotopic (exact) mass is 322 g/mol. The van der Waals surface area contributed by atoms with Crippen molar-refractivity contribution in [1.29, 1.82) is 0 Å². The molecule has 0 aromatic carbocycles. The first kappa shape index (κ1) is 14.4. The standard InChI is InChI=1S/C12H18S5/c13-12-16-10-11(17-12)15-9-7-5-3-1-2-4-6-8-14-10/h1-9H2. The minimum atomic E-state index is 1.10. The highest BCUT2D eigenvalue weighted by Crippen LogP contribution is 2.41. The molecule has 1 aliphatic rings. The van der Waals surface area contributed by atoms with E-state index in [0.29, 0.717) is 0 Å². The summed E-state index contributed by atoms with van der Waals surface area (Å²) in [6.07, 6.45) is 9.85. The maximum absolute atomic E-state index is 5.32. The topological polar surface area (TPSA) is 0 Å². The van der Waals surface area contributed by atoms with Crippen LogP contribution < -0.4 is 0 Å². The largest absolute Gasteiger partial charge is 0.145 e. The lowest BCUT2D eigenvalue weighted by atomic mass is 10.1. The average molecular weight is 323 g/mol. The van der Waals surface area contributed by atoms with Gasteiger partial charge in [0.15, 0.2) is 0 Å². The molecule has 96 valence electrons. The fourth-order valence-electron chi connectivity index (χ4n) is 1.85. The molecule has 2 heterocycles. The van der Waals surface area contributed by atoms with E-state index in [-0.39, 0.29) is 0 Å². The molecule has 2 rings (SSSR count). The molecule has 0 N–H and O–H groups in total. The third kappa shape index (κ3) is 5.23. The molecule has 0 radical (unpaired) electrons. The first-order chi connectivity index (χ1) is 8.36. The van der Waals surface area contributed by atoms with Crippen LogP contribution in [0.4, 0.5) is 0 Å². The molecule has 0 nitrogen and oxygen atoms in total. The van der Waals surface area contributed by atoms with E-state index < -0.39 is 0 Å².